The van der Waals surface area contributed by atoms with Gasteiger partial charge in [0.2, 0.25) is 5.91 Å². The number of nitrogens with zero attached hydrogens (tertiary/aromatic N) is 4. The zero-order chi connectivity index (χ0) is 15.1. The topological polar surface area (TPSA) is 114 Å². The smallest absolute Gasteiger partial charge is 0.352 e. The molecule has 0 spiro atoms. The number of carboxylic acids is 1. The Balaban J connectivity index is 1.74. The van der Waals surface area contributed by atoms with Crippen LogP contribution in [-0.2, 0) is 9.59 Å². The number of nitrogens with two attached hydrogens (primary N) is 1. The molecule has 0 saturated carbocycles. The van der Waals surface area contributed by atoms with Gasteiger partial charge in [-0.05, 0) is 17.5 Å². The standard InChI is InChI=1S/C10H14N6O3S2/c1-14-4-12-16(13-14)21-3-5-2-20-9-6(11)8(17)15(9)7(5)10(18)19/h4,6,9,13H,2-3,11H2,1H3,(H,18,19)/t6?,9-/m1/s1. The monoisotopic (exact) mass is 330 g/mol. The highest BCUT2D eigenvalue weighted by Gasteiger charge is 2.51. The molecule has 0 aromatic heterocycles. The van der Waals surface area contributed by atoms with Crippen LogP contribution in [0.5, 0.6) is 0 Å². The Hall–Kier alpha value is -1.43. The molecule has 1 fully saturated rings. The van der Waals surface area contributed by atoms with Crippen molar-refractivity contribution in [1.82, 2.24) is 20.0 Å². The largest absolute Gasteiger partial charge is 0.477 e. The summed E-state index contributed by atoms with van der Waals surface area (Å²) >= 11 is 2.82. The molecule has 0 aromatic rings. The molecule has 0 radical (unpaired) electrons. The maximum Gasteiger partial charge on any atom is 0.352 e. The quantitative estimate of drug-likeness (QED) is 0.433. The van der Waals surface area contributed by atoms with Crippen molar-refractivity contribution in [3.05, 3.63) is 11.3 Å². The van der Waals surface area contributed by atoms with Gasteiger partial charge in [0.1, 0.15) is 23.5 Å². The van der Waals surface area contributed by atoms with Gasteiger partial charge in [0.05, 0.1) is 0 Å². The van der Waals surface area contributed by atoms with Crippen LogP contribution in [-0.4, -0.2) is 67.7 Å². The fourth-order valence-electron chi connectivity index (χ4n) is 2.20. The molecule has 2 atom stereocenters. The van der Waals surface area contributed by atoms with E-state index >= 15 is 0 Å². The number of nitrogens with one attached hydrogen (secondary N) is 1. The molecule has 3 aliphatic heterocycles. The molecule has 1 amide bonds. The first-order valence-corrected chi connectivity index (χ1v) is 8.10. The number of fused-ring (bicyclic) bond motifs is 1. The lowest BCUT2D eigenvalue weighted by atomic mass is 10.0. The van der Waals surface area contributed by atoms with Gasteiger partial charge >= 0.3 is 5.97 Å². The van der Waals surface area contributed by atoms with Crippen LogP contribution >= 0.6 is 23.7 Å². The van der Waals surface area contributed by atoms with E-state index in [1.54, 1.807) is 18.4 Å². The Labute approximate surface area is 129 Å². The molecule has 21 heavy (non-hydrogen) atoms. The van der Waals surface area contributed by atoms with Crippen LogP contribution in [0.4, 0.5) is 0 Å². The zero-order valence-electron chi connectivity index (χ0n) is 11.1. The van der Waals surface area contributed by atoms with Crippen LogP contribution < -0.4 is 11.3 Å². The number of hydrazone groups is 1. The van der Waals surface area contributed by atoms with Crippen molar-refractivity contribution in [3.63, 3.8) is 0 Å². The van der Waals surface area contributed by atoms with E-state index in [4.69, 9.17) is 5.73 Å². The van der Waals surface area contributed by atoms with Crippen LogP contribution in [0.3, 0.4) is 0 Å². The van der Waals surface area contributed by atoms with Gasteiger partial charge in [0, 0.05) is 18.6 Å². The number of thioether (sulfide) groups is 1. The maximum absolute atomic E-state index is 11.8. The summed E-state index contributed by atoms with van der Waals surface area (Å²) in [7, 11) is 1.80. The van der Waals surface area contributed by atoms with E-state index in [0.717, 1.165) is 0 Å². The van der Waals surface area contributed by atoms with Crippen molar-refractivity contribution in [2.24, 2.45) is 10.8 Å². The number of rotatable bonds is 4. The molecule has 3 heterocycles. The third-order valence-corrected chi connectivity index (χ3v) is 5.48. The second-order valence-electron chi connectivity index (χ2n) is 4.68. The molecular formula is C10H14N6O3S2. The molecule has 0 aliphatic carbocycles. The molecule has 1 unspecified atom stereocenters. The van der Waals surface area contributed by atoms with Crippen LogP contribution in [0, 0.1) is 0 Å². The van der Waals surface area contributed by atoms with Gasteiger partial charge in [-0.15, -0.1) is 26.9 Å². The van der Waals surface area contributed by atoms with Gasteiger partial charge in [-0.3, -0.25) is 14.7 Å². The predicted octanol–water partition coefficient (Wildman–Crippen LogP) is -1.17. The summed E-state index contributed by atoms with van der Waals surface area (Å²) < 4.78 is 1.53. The van der Waals surface area contributed by atoms with Crippen molar-refractivity contribution >= 4 is 41.9 Å². The molecule has 3 rings (SSSR count). The highest BCUT2D eigenvalue weighted by atomic mass is 32.2. The van der Waals surface area contributed by atoms with E-state index in [-0.39, 0.29) is 17.0 Å². The van der Waals surface area contributed by atoms with Crippen molar-refractivity contribution in [2.75, 3.05) is 18.6 Å². The summed E-state index contributed by atoms with van der Waals surface area (Å²) in [5.74, 6) is -0.446. The molecule has 4 N–H and O–H groups in total. The lowest BCUT2D eigenvalue weighted by Gasteiger charge is -2.48. The third-order valence-electron chi connectivity index (χ3n) is 3.23. The number of carbonyl (C=O) groups excluding carboxylic acids is 1. The highest BCUT2D eigenvalue weighted by Crippen LogP contribution is 2.40. The summed E-state index contributed by atoms with van der Waals surface area (Å²) in [6.07, 6.45) is 1.60. The Morgan fingerprint density at radius 3 is 3.10 bits per heavy atom. The average Bonchev–Trinajstić information content (AvgIpc) is 2.88. The molecule has 3 aliphatic rings. The van der Waals surface area contributed by atoms with E-state index in [1.165, 1.54) is 33.1 Å². The van der Waals surface area contributed by atoms with Crippen molar-refractivity contribution in [1.29, 1.82) is 0 Å². The minimum absolute atomic E-state index is 0.0643. The number of hydrogen-bond acceptors (Lipinski definition) is 9. The summed E-state index contributed by atoms with van der Waals surface area (Å²) in [5.41, 5.74) is 9.37. The Bertz CT molecular complexity index is 553. The van der Waals surface area contributed by atoms with Crippen LogP contribution in [0.25, 0.3) is 0 Å². The van der Waals surface area contributed by atoms with Crippen LogP contribution in [0.15, 0.2) is 16.4 Å². The number of aliphatic carboxylic acids is 1. The molecule has 0 bridgehead atoms. The lowest BCUT2D eigenvalue weighted by Crippen LogP contribution is -2.68. The van der Waals surface area contributed by atoms with E-state index in [1.807, 2.05) is 0 Å². The van der Waals surface area contributed by atoms with Gasteiger partial charge in [-0.25, -0.2) is 4.79 Å². The van der Waals surface area contributed by atoms with Crippen LogP contribution in [0.1, 0.15) is 0 Å². The van der Waals surface area contributed by atoms with Gasteiger partial charge in [0.25, 0.3) is 0 Å². The minimum Gasteiger partial charge on any atom is -0.477 e. The lowest BCUT2D eigenvalue weighted by molar-refractivity contribution is -0.147. The van der Waals surface area contributed by atoms with Crippen molar-refractivity contribution < 1.29 is 14.7 Å². The van der Waals surface area contributed by atoms with Gasteiger partial charge in [-0.2, -0.15) is 0 Å². The Morgan fingerprint density at radius 1 is 1.71 bits per heavy atom. The van der Waals surface area contributed by atoms with Crippen molar-refractivity contribution in [2.45, 2.75) is 11.4 Å². The molecule has 114 valence electrons. The Morgan fingerprint density at radius 2 is 2.48 bits per heavy atom. The summed E-state index contributed by atoms with van der Waals surface area (Å²) in [5, 5.41) is 14.9. The number of hydrogen-bond donors (Lipinski definition) is 3. The number of β-lactam (4-membered cyclic amide) rings is 1. The molecule has 0 aromatic carbocycles. The normalized spacial score (nSPS) is 28.1. The first-order chi connectivity index (χ1) is 9.99. The third kappa shape index (κ3) is 2.46. The average molecular weight is 330 g/mol. The number of carbonyl (C=O) groups is 2. The SMILES string of the molecule is CN1C=NN(SCC2=C(C(=O)O)N3C(=O)C(N)[C@H]3SC2)N1. The van der Waals surface area contributed by atoms with E-state index in [9.17, 15) is 14.7 Å². The second-order valence-corrected chi connectivity index (χ2v) is 6.68. The summed E-state index contributed by atoms with van der Waals surface area (Å²) in [6, 6.07) is -0.600. The molecule has 1 saturated heterocycles. The fourth-order valence-corrected chi connectivity index (χ4v) is 4.44. The summed E-state index contributed by atoms with van der Waals surface area (Å²) in [4.78, 5) is 24.6. The number of carboxylic acid groups (broad SMARTS) is 1. The first-order valence-electron chi connectivity index (χ1n) is 6.11. The molecule has 11 heteroatoms. The number of hydrazine groups is 2. The molecule has 9 nitrogen and oxygen atoms in total. The Kier molecular flexibility index (Phi) is 3.73. The highest BCUT2D eigenvalue weighted by molar-refractivity contribution is 8.00. The first kappa shape index (κ1) is 14.5. The van der Waals surface area contributed by atoms with E-state index < -0.39 is 12.0 Å². The fraction of sp³-hybridized carbons (Fsp3) is 0.500. The summed E-state index contributed by atoms with van der Waals surface area (Å²) in [6.45, 7) is 0. The predicted molar refractivity (Wildman–Crippen MR) is 79.4 cm³/mol. The zero-order valence-corrected chi connectivity index (χ0v) is 12.7. The second kappa shape index (κ2) is 5.40. The van der Waals surface area contributed by atoms with Crippen LogP contribution in [0.2, 0.25) is 0 Å². The van der Waals surface area contributed by atoms with Gasteiger partial charge in [0.15, 0.2) is 0 Å². The molecular weight excluding hydrogens is 316 g/mol. The minimum atomic E-state index is -1.09. The van der Waals surface area contributed by atoms with E-state index in [2.05, 4.69) is 10.6 Å². The van der Waals surface area contributed by atoms with Gasteiger partial charge in [-0.1, -0.05) is 0 Å². The number of amides is 1. The maximum atomic E-state index is 11.8. The van der Waals surface area contributed by atoms with Crippen molar-refractivity contribution in [3.8, 4) is 0 Å². The van der Waals surface area contributed by atoms with E-state index in [0.29, 0.717) is 17.1 Å². The van der Waals surface area contributed by atoms with Gasteiger partial charge < -0.3 is 10.8 Å².